The number of aldehydes is 1. The number of primary amides is 1. The maximum Gasteiger partial charge on any atom is 0.250 e. The third-order valence-electron chi connectivity index (χ3n) is 1.64. The molecular formula is C9H5FN2O2. The number of halogens is 1. The van der Waals surface area contributed by atoms with E-state index in [1.54, 1.807) is 6.07 Å². The lowest BCUT2D eigenvalue weighted by Gasteiger charge is -2.01. The van der Waals surface area contributed by atoms with Crippen LogP contribution in [0.1, 0.15) is 26.3 Å². The molecule has 0 heterocycles. The van der Waals surface area contributed by atoms with Gasteiger partial charge in [-0.2, -0.15) is 5.26 Å². The molecule has 0 radical (unpaired) electrons. The lowest BCUT2D eigenvalue weighted by Crippen LogP contribution is -2.14. The Balaban J connectivity index is 3.57. The van der Waals surface area contributed by atoms with Crippen molar-refractivity contribution in [1.29, 1.82) is 5.26 Å². The van der Waals surface area contributed by atoms with E-state index in [0.29, 0.717) is 6.29 Å². The van der Waals surface area contributed by atoms with Gasteiger partial charge in [0.15, 0.2) is 6.29 Å². The topological polar surface area (TPSA) is 83.9 Å². The average Bonchev–Trinajstić information content (AvgIpc) is 2.16. The van der Waals surface area contributed by atoms with Gasteiger partial charge >= 0.3 is 0 Å². The monoisotopic (exact) mass is 192 g/mol. The van der Waals surface area contributed by atoms with Crippen LogP contribution >= 0.6 is 0 Å². The molecule has 1 aromatic carbocycles. The second-order valence-electron chi connectivity index (χ2n) is 2.51. The van der Waals surface area contributed by atoms with E-state index in [9.17, 15) is 14.0 Å². The molecule has 0 unspecified atom stereocenters. The van der Waals surface area contributed by atoms with Gasteiger partial charge in [-0.05, 0) is 12.1 Å². The summed E-state index contributed by atoms with van der Waals surface area (Å²) in [5.41, 5.74) is 4.25. The zero-order chi connectivity index (χ0) is 10.7. The van der Waals surface area contributed by atoms with Crippen molar-refractivity contribution in [2.75, 3.05) is 0 Å². The number of benzene rings is 1. The predicted molar refractivity (Wildman–Crippen MR) is 45.0 cm³/mol. The number of hydrogen-bond donors (Lipinski definition) is 1. The van der Waals surface area contributed by atoms with Gasteiger partial charge in [0.25, 0.3) is 0 Å². The summed E-state index contributed by atoms with van der Waals surface area (Å²) in [5, 5.41) is 8.63. The first-order valence-electron chi connectivity index (χ1n) is 3.58. The maximum atomic E-state index is 12.8. The number of nitrogens with two attached hydrogens (primary N) is 1. The van der Waals surface area contributed by atoms with Crippen molar-refractivity contribution in [3.8, 4) is 6.07 Å². The molecule has 0 aliphatic rings. The first-order valence-corrected chi connectivity index (χ1v) is 3.58. The summed E-state index contributed by atoms with van der Waals surface area (Å²) < 4.78 is 12.8. The molecule has 1 aromatic rings. The van der Waals surface area contributed by atoms with Gasteiger partial charge < -0.3 is 5.73 Å². The van der Waals surface area contributed by atoms with Crippen LogP contribution < -0.4 is 5.73 Å². The molecular weight excluding hydrogens is 187 g/mol. The van der Waals surface area contributed by atoms with E-state index in [0.717, 1.165) is 12.1 Å². The minimum absolute atomic E-state index is 0.179. The third kappa shape index (κ3) is 1.59. The Morgan fingerprint density at radius 3 is 2.64 bits per heavy atom. The molecule has 0 atom stereocenters. The van der Waals surface area contributed by atoms with Crippen molar-refractivity contribution >= 4 is 12.2 Å². The third-order valence-corrected chi connectivity index (χ3v) is 1.64. The van der Waals surface area contributed by atoms with Gasteiger partial charge in [-0.3, -0.25) is 9.59 Å². The molecule has 1 amide bonds. The molecule has 0 fully saturated rings. The summed E-state index contributed by atoms with van der Waals surface area (Å²) in [4.78, 5) is 21.2. The molecule has 1 rings (SSSR count). The SMILES string of the molecule is N#Cc1c(C=O)cc(F)cc1C(N)=O. The molecule has 0 saturated heterocycles. The van der Waals surface area contributed by atoms with E-state index in [4.69, 9.17) is 11.0 Å². The smallest absolute Gasteiger partial charge is 0.250 e. The molecule has 5 heteroatoms. The van der Waals surface area contributed by atoms with E-state index in [1.165, 1.54) is 0 Å². The quantitative estimate of drug-likeness (QED) is 0.696. The average molecular weight is 192 g/mol. The zero-order valence-electron chi connectivity index (χ0n) is 6.95. The van der Waals surface area contributed by atoms with Gasteiger partial charge in [0.05, 0.1) is 11.1 Å². The second-order valence-corrected chi connectivity index (χ2v) is 2.51. The summed E-state index contributed by atoms with van der Waals surface area (Å²) in [5.74, 6) is -1.72. The fourth-order valence-corrected chi connectivity index (χ4v) is 1.04. The summed E-state index contributed by atoms with van der Waals surface area (Å²) in [6.45, 7) is 0. The summed E-state index contributed by atoms with van der Waals surface area (Å²) in [6, 6.07) is 3.33. The molecule has 14 heavy (non-hydrogen) atoms. The Kier molecular flexibility index (Phi) is 2.58. The van der Waals surface area contributed by atoms with E-state index in [1.807, 2.05) is 0 Å². The summed E-state index contributed by atoms with van der Waals surface area (Å²) in [6.07, 6.45) is 0.300. The number of nitriles is 1. The fourth-order valence-electron chi connectivity index (χ4n) is 1.04. The number of carbonyl (C=O) groups is 2. The minimum Gasteiger partial charge on any atom is -0.366 e. The highest BCUT2D eigenvalue weighted by Crippen LogP contribution is 2.14. The Hall–Kier alpha value is -2.22. The van der Waals surface area contributed by atoms with E-state index in [2.05, 4.69) is 0 Å². The minimum atomic E-state index is -0.941. The van der Waals surface area contributed by atoms with Crippen LogP contribution in [0.15, 0.2) is 12.1 Å². The molecule has 2 N–H and O–H groups in total. The Morgan fingerprint density at radius 1 is 1.57 bits per heavy atom. The first kappa shape index (κ1) is 9.86. The van der Waals surface area contributed by atoms with Crippen LogP contribution in [-0.4, -0.2) is 12.2 Å². The lowest BCUT2D eigenvalue weighted by atomic mass is 10.0. The zero-order valence-corrected chi connectivity index (χ0v) is 6.95. The predicted octanol–water partition coefficient (Wildman–Crippen LogP) is 0.609. The van der Waals surface area contributed by atoms with E-state index in [-0.39, 0.29) is 16.7 Å². The lowest BCUT2D eigenvalue weighted by molar-refractivity contribution is 0.0999. The Morgan fingerprint density at radius 2 is 2.21 bits per heavy atom. The van der Waals surface area contributed by atoms with E-state index < -0.39 is 11.7 Å². The highest BCUT2D eigenvalue weighted by Gasteiger charge is 2.14. The van der Waals surface area contributed by atoms with Crippen LogP contribution in [0.4, 0.5) is 4.39 Å². The van der Waals surface area contributed by atoms with Crippen LogP contribution in [0.3, 0.4) is 0 Å². The van der Waals surface area contributed by atoms with Gasteiger partial charge in [0.2, 0.25) is 5.91 Å². The van der Waals surface area contributed by atoms with Crippen LogP contribution in [-0.2, 0) is 0 Å². The Labute approximate surface area is 78.7 Å². The van der Waals surface area contributed by atoms with Crippen molar-refractivity contribution in [1.82, 2.24) is 0 Å². The van der Waals surface area contributed by atoms with Gasteiger partial charge in [-0.25, -0.2) is 4.39 Å². The van der Waals surface area contributed by atoms with Crippen molar-refractivity contribution in [2.45, 2.75) is 0 Å². The fraction of sp³-hybridized carbons (Fsp3) is 0. The van der Waals surface area contributed by atoms with Crippen LogP contribution in [0, 0.1) is 17.1 Å². The second kappa shape index (κ2) is 3.66. The van der Waals surface area contributed by atoms with Gasteiger partial charge in [-0.15, -0.1) is 0 Å². The van der Waals surface area contributed by atoms with Crippen molar-refractivity contribution < 1.29 is 14.0 Å². The van der Waals surface area contributed by atoms with Crippen molar-refractivity contribution in [2.24, 2.45) is 5.73 Å². The van der Waals surface area contributed by atoms with Gasteiger partial charge in [-0.1, -0.05) is 0 Å². The number of hydrogen-bond acceptors (Lipinski definition) is 3. The molecule has 4 nitrogen and oxygen atoms in total. The maximum absolute atomic E-state index is 12.8. The standard InChI is InChI=1S/C9H5FN2O2/c10-6-1-5(4-13)8(3-11)7(2-6)9(12)14/h1-2,4H,(H2,12,14). The van der Waals surface area contributed by atoms with Crippen molar-refractivity contribution in [3.63, 3.8) is 0 Å². The molecule has 0 saturated carbocycles. The molecule has 0 aliphatic carbocycles. The molecule has 0 aromatic heterocycles. The number of amides is 1. The van der Waals surface area contributed by atoms with Crippen molar-refractivity contribution in [3.05, 3.63) is 34.6 Å². The van der Waals surface area contributed by atoms with Gasteiger partial charge in [0, 0.05) is 5.56 Å². The number of carbonyl (C=O) groups excluding carboxylic acids is 2. The highest BCUT2D eigenvalue weighted by molar-refractivity contribution is 5.98. The van der Waals surface area contributed by atoms with Gasteiger partial charge in [0.1, 0.15) is 11.9 Å². The van der Waals surface area contributed by atoms with Crippen LogP contribution in [0.2, 0.25) is 0 Å². The van der Waals surface area contributed by atoms with E-state index >= 15 is 0 Å². The van der Waals surface area contributed by atoms with Crippen LogP contribution in [0.25, 0.3) is 0 Å². The Bertz CT molecular complexity index is 449. The first-order chi connectivity index (χ1) is 6.60. The molecule has 70 valence electrons. The molecule has 0 aliphatic heterocycles. The normalized spacial score (nSPS) is 9.14. The summed E-state index contributed by atoms with van der Waals surface area (Å²) >= 11 is 0. The summed E-state index contributed by atoms with van der Waals surface area (Å²) in [7, 11) is 0. The molecule has 0 spiro atoms. The number of rotatable bonds is 2. The van der Waals surface area contributed by atoms with Crippen LogP contribution in [0.5, 0.6) is 0 Å². The molecule has 0 bridgehead atoms. The largest absolute Gasteiger partial charge is 0.366 e. The number of nitrogens with zero attached hydrogens (tertiary/aromatic N) is 1. The highest BCUT2D eigenvalue weighted by atomic mass is 19.1.